The van der Waals surface area contributed by atoms with Crippen LogP contribution in [0.4, 0.5) is 0 Å². The molecule has 0 saturated carbocycles. The van der Waals surface area contributed by atoms with Gasteiger partial charge in [-0.1, -0.05) is 0 Å². The second kappa shape index (κ2) is 6.68. The highest BCUT2D eigenvalue weighted by Gasteiger charge is 2.26. The lowest BCUT2D eigenvalue weighted by atomic mass is 10.1. The fourth-order valence-corrected chi connectivity index (χ4v) is 2.72. The summed E-state index contributed by atoms with van der Waals surface area (Å²) in [6.07, 6.45) is 0. The molecule has 6 nitrogen and oxygen atoms in total. The average Bonchev–Trinajstić information content (AvgIpc) is 2.53. The first kappa shape index (κ1) is 16.1. The second-order valence-corrected chi connectivity index (χ2v) is 5.27. The highest BCUT2D eigenvalue weighted by molar-refractivity contribution is 5.98. The van der Waals surface area contributed by atoms with Crippen molar-refractivity contribution in [3.8, 4) is 11.5 Å². The van der Waals surface area contributed by atoms with Crippen molar-refractivity contribution in [3.05, 3.63) is 23.3 Å². The molecule has 1 aliphatic rings. The molecular weight excluding hydrogens is 284 g/mol. The van der Waals surface area contributed by atoms with Gasteiger partial charge >= 0.3 is 0 Å². The average molecular weight is 306 g/mol. The third-order valence-corrected chi connectivity index (χ3v) is 4.02. The normalized spacial score (nSPS) is 14.7. The van der Waals surface area contributed by atoms with Gasteiger partial charge in [0.25, 0.3) is 5.91 Å². The Morgan fingerprint density at radius 3 is 2.09 bits per heavy atom. The summed E-state index contributed by atoms with van der Waals surface area (Å²) in [7, 11) is 3.14. The van der Waals surface area contributed by atoms with Gasteiger partial charge in [0.05, 0.1) is 19.8 Å². The van der Waals surface area contributed by atoms with E-state index in [1.807, 2.05) is 6.92 Å². The molecular formula is C16H22N2O4. The molecule has 2 amide bonds. The van der Waals surface area contributed by atoms with Crippen LogP contribution in [0.3, 0.4) is 0 Å². The number of ether oxygens (including phenoxy) is 2. The summed E-state index contributed by atoms with van der Waals surface area (Å²) in [4.78, 5) is 27.6. The zero-order chi connectivity index (χ0) is 16.3. The molecule has 2 rings (SSSR count). The van der Waals surface area contributed by atoms with E-state index in [1.165, 1.54) is 0 Å². The maximum atomic E-state index is 12.7. The van der Waals surface area contributed by atoms with Gasteiger partial charge in [0.2, 0.25) is 5.91 Å². The summed E-state index contributed by atoms with van der Waals surface area (Å²) >= 11 is 0. The summed E-state index contributed by atoms with van der Waals surface area (Å²) in [6.45, 7) is 5.62. The Kier molecular flexibility index (Phi) is 4.90. The van der Waals surface area contributed by atoms with Crippen LogP contribution in [0.25, 0.3) is 0 Å². The van der Waals surface area contributed by atoms with E-state index in [0.717, 1.165) is 5.56 Å². The fourth-order valence-electron chi connectivity index (χ4n) is 2.72. The third-order valence-electron chi connectivity index (χ3n) is 4.02. The highest BCUT2D eigenvalue weighted by atomic mass is 16.5. The van der Waals surface area contributed by atoms with Gasteiger partial charge in [0, 0.05) is 38.7 Å². The van der Waals surface area contributed by atoms with Gasteiger partial charge < -0.3 is 19.3 Å². The summed E-state index contributed by atoms with van der Waals surface area (Å²) in [5.74, 6) is 1.20. The molecule has 0 aliphatic carbocycles. The molecule has 0 unspecified atom stereocenters. The Hall–Kier alpha value is -2.24. The van der Waals surface area contributed by atoms with E-state index in [-0.39, 0.29) is 11.8 Å². The summed E-state index contributed by atoms with van der Waals surface area (Å²) in [5, 5.41) is 0. The van der Waals surface area contributed by atoms with Crippen molar-refractivity contribution in [2.24, 2.45) is 0 Å². The number of carbonyl (C=O) groups excluding carboxylic acids is 2. The van der Waals surface area contributed by atoms with Crippen molar-refractivity contribution < 1.29 is 19.1 Å². The van der Waals surface area contributed by atoms with Crippen LogP contribution in [0.5, 0.6) is 11.5 Å². The Balaban J connectivity index is 2.20. The van der Waals surface area contributed by atoms with Gasteiger partial charge in [-0.15, -0.1) is 0 Å². The molecule has 1 aliphatic heterocycles. The predicted molar refractivity (Wildman–Crippen MR) is 82.4 cm³/mol. The molecule has 0 spiro atoms. The largest absolute Gasteiger partial charge is 0.496 e. The number of benzene rings is 1. The number of methoxy groups -OCH3 is 2. The minimum atomic E-state index is -0.0780. The molecule has 0 N–H and O–H groups in total. The lowest BCUT2D eigenvalue weighted by Gasteiger charge is -2.34. The molecule has 1 heterocycles. The fraction of sp³-hybridized carbons (Fsp3) is 0.500. The molecule has 22 heavy (non-hydrogen) atoms. The number of amides is 2. The minimum absolute atomic E-state index is 0.0463. The molecule has 1 aromatic rings. The smallest absolute Gasteiger partial charge is 0.257 e. The van der Waals surface area contributed by atoms with Crippen molar-refractivity contribution >= 4 is 11.8 Å². The van der Waals surface area contributed by atoms with Gasteiger partial charge in [-0.05, 0) is 19.1 Å². The van der Waals surface area contributed by atoms with Gasteiger partial charge in [-0.2, -0.15) is 0 Å². The minimum Gasteiger partial charge on any atom is -0.496 e. The molecule has 0 radical (unpaired) electrons. The number of piperazine rings is 1. The number of rotatable bonds is 3. The van der Waals surface area contributed by atoms with Crippen molar-refractivity contribution in [1.82, 2.24) is 9.80 Å². The molecule has 120 valence electrons. The van der Waals surface area contributed by atoms with Crippen LogP contribution in [-0.2, 0) is 4.79 Å². The van der Waals surface area contributed by atoms with E-state index in [9.17, 15) is 9.59 Å². The molecule has 1 saturated heterocycles. The van der Waals surface area contributed by atoms with Crippen LogP contribution < -0.4 is 9.47 Å². The number of hydrogen-bond donors (Lipinski definition) is 0. The van der Waals surface area contributed by atoms with Crippen LogP contribution in [0, 0.1) is 6.92 Å². The van der Waals surface area contributed by atoms with Gasteiger partial charge in [-0.3, -0.25) is 9.59 Å². The second-order valence-electron chi connectivity index (χ2n) is 5.27. The molecule has 0 aromatic heterocycles. The molecule has 0 atom stereocenters. The zero-order valence-electron chi connectivity index (χ0n) is 13.5. The van der Waals surface area contributed by atoms with E-state index in [1.54, 1.807) is 43.1 Å². The summed E-state index contributed by atoms with van der Waals surface area (Å²) < 4.78 is 10.7. The van der Waals surface area contributed by atoms with E-state index in [2.05, 4.69) is 0 Å². The molecule has 1 fully saturated rings. The predicted octanol–water partition coefficient (Wildman–Crippen LogP) is 1.32. The van der Waals surface area contributed by atoms with E-state index in [4.69, 9.17) is 9.47 Å². The van der Waals surface area contributed by atoms with Crippen LogP contribution in [0.1, 0.15) is 22.8 Å². The lowest BCUT2D eigenvalue weighted by Crippen LogP contribution is -2.50. The first-order valence-corrected chi connectivity index (χ1v) is 7.26. The van der Waals surface area contributed by atoms with Crippen molar-refractivity contribution in [3.63, 3.8) is 0 Å². The summed E-state index contributed by atoms with van der Waals surface area (Å²) in [5.41, 5.74) is 1.33. The number of carbonyl (C=O) groups is 2. The maximum Gasteiger partial charge on any atom is 0.257 e. The van der Waals surface area contributed by atoms with Gasteiger partial charge in [0.1, 0.15) is 11.5 Å². The maximum absolute atomic E-state index is 12.7. The Morgan fingerprint density at radius 1 is 1.00 bits per heavy atom. The molecule has 6 heteroatoms. The molecule has 1 aromatic carbocycles. The van der Waals surface area contributed by atoms with Crippen LogP contribution in [-0.4, -0.2) is 62.0 Å². The van der Waals surface area contributed by atoms with Gasteiger partial charge in [-0.25, -0.2) is 0 Å². The van der Waals surface area contributed by atoms with Gasteiger partial charge in [0.15, 0.2) is 0 Å². The monoisotopic (exact) mass is 306 g/mol. The quantitative estimate of drug-likeness (QED) is 0.845. The van der Waals surface area contributed by atoms with Crippen LogP contribution in [0.2, 0.25) is 0 Å². The number of hydrogen-bond acceptors (Lipinski definition) is 4. The topological polar surface area (TPSA) is 59.1 Å². The summed E-state index contributed by atoms with van der Waals surface area (Å²) in [6, 6.07) is 3.50. The first-order valence-electron chi connectivity index (χ1n) is 7.26. The van der Waals surface area contributed by atoms with Crippen molar-refractivity contribution in [2.45, 2.75) is 13.8 Å². The SMILES string of the molecule is COc1ccc(C(=O)N2CCN(C(C)=O)CC2)c(OC)c1C. The Bertz CT molecular complexity index is 578. The first-order chi connectivity index (χ1) is 10.5. The molecule has 0 bridgehead atoms. The van der Waals surface area contributed by atoms with Crippen LogP contribution >= 0.6 is 0 Å². The number of nitrogens with zero attached hydrogens (tertiary/aromatic N) is 2. The third kappa shape index (κ3) is 3.00. The van der Waals surface area contributed by atoms with Crippen molar-refractivity contribution in [2.75, 3.05) is 40.4 Å². The van der Waals surface area contributed by atoms with Crippen molar-refractivity contribution in [1.29, 1.82) is 0 Å². The van der Waals surface area contributed by atoms with E-state index >= 15 is 0 Å². The van der Waals surface area contributed by atoms with E-state index < -0.39 is 0 Å². The zero-order valence-corrected chi connectivity index (χ0v) is 13.5. The van der Waals surface area contributed by atoms with Crippen LogP contribution in [0.15, 0.2) is 12.1 Å². The Labute approximate surface area is 130 Å². The standard InChI is InChI=1S/C16H22N2O4/c1-11-14(21-3)6-5-13(15(11)22-4)16(20)18-9-7-17(8-10-18)12(2)19/h5-6H,7-10H2,1-4H3. The highest BCUT2D eigenvalue weighted by Crippen LogP contribution is 2.32. The lowest BCUT2D eigenvalue weighted by molar-refractivity contribution is -0.130. The van der Waals surface area contributed by atoms with E-state index in [0.29, 0.717) is 43.2 Å². The Morgan fingerprint density at radius 2 is 1.59 bits per heavy atom.